The van der Waals surface area contributed by atoms with Gasteiger partial charge in [-0.3, -0.25) is 18.7 Å². The van der Waals surface area contributed by atoms with Crippen LogP contribution in [-0.2, 0) is 19.6 Å². The molecule has 158 valence electrons. The van der Waals surface area contributed by atoms with Crippen molar-refractivity contribution in [3.05, 3.63) is 48.0 Å². The van der Waals surface area contributed by atoms with E-state index < -0.39 is 27.7 Å². The molecule has 30 heavy (non-hydrogen) atoms. The second-order valence-corrected chi connectivity index (χ2v) is 8.49. The van der Waals surface area contributed by atoms with Gasteiger partial charge in [0.05, 0.1) is 24.2 Å². The molecule has 0 spiro atoms. The largest absolute Gasteiger partial charge is 0.495 e. The molecule has 3 amide bonds. The molecule has 3 rings (SSSR count). The lowest BCUT2D eigenvalue weighted by Gasteiger charge is -2.19. The molecule has 0 atom stereocenters. The Balaban J connectivity index is 1.75. The van der Waals surface area contributed by atoms with E-state index in [1.165, 1.54) is 47.8 Å². The van der Waals surface area contributed by atoms with Gasteiger partial charge < -0.3 is 21.1 Å². The van der Waals surface area contributed by atoms with Crippen LogP contribution in [0.3, 0.4) is 0 Å². The van der Waals surface area contributed by atoms with Gasteiger partial charge in [-0.05, 0) is 48.9 Å². The Hall–Kier alpha value is -3.60. The average molecular weight is 432 g/mol. The van der Waals surface area contributed by atoms with E-state index in [4.69, 9.17) is 10.5 Å². The Morgan fingerprint density at radius 1 is 1.03 bits per heavy atom. The van der Waals surface area contributed by atoms with Crippen LogP contribution in [0.15, 0.2) is 42.5 Å². The maximum atomic E-state index is 12.3. The molecular weight excluding hydrogens is 412 g/mol. The Bertz CT molecular complexity index is 1100. The second-order valence-electron chi connectivity index (χ2n) is 6.48. The van der Waals surface area contributed by atoms with E-state index in [1.54, 1.807) is 6.07 Å². The van der Waals surface area contributed by atoms with E-state index in [1.807, 2.05) is 0 Å². The van der Waals surface area contributed by atoms with Gasteiger partial charge in [-0.1, -0.05) is 0 Å². The Kier molecular flexibility index (Phi) is 5.92. The molecule has 1 aliphatic rings. The molecule has 0 aliphatic carbocycles. The summed E-state index contributed by atoms with van der Waals surface area (Å²) in [6.45, 7) is 0.337. The third-order valence-electron chi connectivity index (χ3n) is 4.45. The van der Waals surface area contributed by atoms with E-state index in [9.17, 15) is 22.8 Å². The van der Waals surface area contributed by atoms with E-state index in [0.717, 1.165) is 0 Å². The number of anilines is 3. The van der Waals surface area contributed by atoms with Crippen molar-refractivity contribution < 1.29 is 27.5 Å². The number of nitrogens with two attached hydrogens (primary N) is 1. The van der Waals surface area contributed by atoms with Crippen LogP contribution in [0.1, 0.15) is 16.8 Å². The molecule has 2 aromatic rings. The first-order valence-electron chi connectivity index (χ1n) is 8.92. The maximum Gasteiger partial charge on any atom is 0.314 e. The quantitative estimate of drug-likeness (QED) is 0.598. The number of rotatable bonds is 5. The fourth-order valence-electron chi connectivity index (χ4n) is 2.96. The number of hydrogen-bond donors (Lipinski definition) is 3. The van der Waals surface area contributed by atoms with Crippen molar-refractivity contribution in [3.8, 4) is 5.75 Å². The van der Waals surface area contributed by atoms with Crippen LogP contribution < -0.4 is 25.4 Å². The van der Waals surface area contributed by atoms with Crippen molar-refractivity contribution in [2.45, 2.75) is 6.42 Å². The summed E-state index contributed by atoms with van der Waals surface area (Å²) >= 11 is 0. The molecule has 10 nitrogen and oxygen atoms in total. The van der Waals surface area contributed by atoms with Gasteiger partial charge >= 0.3 is 11.8 Å². The molecule has 2 aromatic carbocycles. The number of sulfonamides is 1. The third-order valence-corrected chi connectivity index (χ3v) is 6.32. The van der Waals surface area contributed by atoms with Gasteiger partial charge in [0, 0.05) is 17.8 Å². The fraction of sp³-hybridized carbons (Fsp3) is 0.211. The summed E-state index contributed by atoms with van der Waals surface area (Å²) in [5, 5.41) is 4.83. The molecule has 0 unspecified atom stereocenters. The molecule has 1 aliphatic heterocycles. The van der Waals surface area contributed by atoms with E-state index in [0.29, 0.717) is 24.3 Å². The minimum Gasteiger partial charge on any atom is -0.495 e. The van der Waals surface area contributed by atoms with Crippen LogP contribution in [0.4, 0.5) is 17.1 Å². The second kappa shape index (κ2) is 8.41. The summed E-state index contributed by atoms with van der Waals surface area (Å²) in [4.78, 5) is 35.6. The number of methoxy groups -OCH3 is 1. The number of benzene rings is 2. The van der Waals surface area contributed by atoms with Gasteiger partial charge in [0.2, 0.25) is 15.9 Å². The van der Waals surface area contributed by atoms with Crippen LogP contribution in [0.5, 0.6) is 5.75 Å². The monoisotopic (exact) mass is 432 g/mol. The van der Waals surface area contributed by atoms with Gasteiger partial charge in [0.15, 0.2) is 0 Å². The lowest BCUT2D eigenvalue weighted by molar-refractivity contribution is -0.133. The zero-order valence-corrected chi connectivity index (χ0v) is 16.9. The Morgan fingerprint density at radius 2 is 1.70 bits per heavy atom. The number of nitrogens with zero attached hydrogens (tertiary/aromatic N) is 1. The summed E-state index contributed by atoms with van der Waals surface area (Å²) in [5.74, 6) is -2.23. The highest BCUT2D eigenvalue weighted by Gasteiger charge is 2.29. The molecule has 1 fully saturated rings. The Labute approximate surface area is 173 Å². The number of primary amides is 1. The number of ether oxygens (including phenoxy) is 1. The van der Waals surface area contributed by atoms with E-state index >= 15 is 0 Å². The molecule has 4 N–H and O–H groups in total. The minimum absolute atomic E-state index is 0.0532. The standard InChI is InChI=1S/C19H20N4O6S/c1-29-16-8-7-14(23-9-2-10-30(23,27)28)11-15(16)22-19(26)18(25)21-13-5-3-12(4-6-13)17(20)24/h3-8,11H,2,9-10H2,1H3,(H2,20,24)(H,21,25)(H,22,26). The van der Waals surface area contributed by atoms with E-state index in [-0.39, 0.29) is 22.8 Å². The van der Waals surface area contributed by atoms with Crippen molar-refractivity contribution in [2.24, 2.45) is 5.73 Å². The van der Waals surface area contributed by atoms with Gasteiger partial charge in [-0.15, -0.1) is 0 Å². The zero-order valence-electron chi connectivity index (χ0n) is 16.0. The first kappa shape index (κ1) is 21.1. The molecule has 0 bridgehead atoms. The molecule has 0 aromatic heterocycles. The highest BCUT2D eigenvalue weighted by molar-refractivity contribution is 7.93. The SMILES string of the molecule is COc1ccc(N2CCCS2(=O)=O)cc1NC(=O)C(=O)Nc1ccc(C(N)=O)cc1. The lowest BCUT2D eigenvalue weighted by atomic mass is 10.2. The van der Waals surface area contributed by atoms with Gasteiger partial charge in [-0.25, -0.2) is 8.42 Å². The fourth-order valence-corrected chi connectivity index (χ4v) is 4.52. The molecule has 0 saturated carbocycles. The predicted molar refractivity (Wildman–Crippen MR) is 111 cm³/mol. The number of carbonyl (C=O) groups is 3. The van der Waals surface area contributed by atoms with Crippen molar-refractivity contribution in [1.82, 2.24) is 0 Å². The molecule has 11 heteroatoms. The molecule has 1 saturated heterocycles. The normalized spacial score (nSPS) is 14.8. The molecule has 0 radical (unpaired) electrons. The highest BCUT2D eigenvalue weighted by atomic mass is 32.2. The van der Waals surface area contributed by atoms with Crippen molar-refractivity contribution in [2.75, 3.05) is 34.3 Å². The summed E-state index contributed by atoms with van der Waals surface area (Å²) in [7, 11) is -2.02. The van der Waals surface area contributed by atoms with Crippen LogP contribution in [0.2, 0.25) is 0 Å². The first-order valence-corrected chi connectivity index (χ1v) is 10.5. The number of carbonyl (C=O) groups excluding carboxylic acids is 3. The number of amides is 3. The topological polar surface area (TPSA) is 148 Å². The minimum atomic E-state index is -3.40. The zero-order chi connectivity index (χ0) is 21.9. The third kappa shape index (κ3) is 4.51. The van der Waals surface area contributed by atoms with E-state index in [2.05, 4.69) is 10.6 Å². The summed E-state index contributed by atoms with van der Waals surface area (Å²) in [5.41, 5.74) is 6.23. The van der Waals surface area contributed by atoms with Crippen molar-refractivity contribution >= 4 is 44.8 Å². The maximum absolute atomic E-state index is 12.3. The van der Waals surface area contributed by atoms with Crippen LogP contribution >= 0.6 is 0 Å². The van der Waals surface area contributed by atoms with Crippen LogP contribution in [0.25, 0.3) is 0 Å². The van der Waals surface area contributed by atoms with Gasteiger partial charge in [-0.2, -0.15) is 0 Å². The summed E-state index contributed by atoms with van der Waals surface area (Å²) in [6.07, 6.45) is 0.507. The smallest absolute Gasteiger partial charge is 0.314 e. The Morgan fingerprint density at radius 3 is 2.27 bits per heavy atom. The van der Waals surface area contributed by atoms with Gasteiger partial charge in [0.25, 0.3) is 0 Å². The molecular formula is C19H20N4O6S. The average Bonchev–Trinajstić information content (AvgIpc) is 3.07. The van der Waals surface area contributed by atoms with Gasteiger partial charge in [0.1, 0.15) is 5.75 Å². The highest BCUT2D eigenvalue weighted by Crippen LogP contribution is 2.32. The van der Waals surface area contributed by atoms with Crippen molar-refractivity contribution in [3.63, 3.8) is 0 Å². The summed E-state index contributed by atoms with van der Waals surface area (Å²) in [6, 6.07) is 10.2. The lowest BCUT2D eigenvalue weighted by Crippen LogP contribution is -2.29. The van der Waals surface area contributed by atoms with Crippen LogP contribution in [0, 0.1) is 0 Å². The first-order chi connectivity index (χ1) is 14.2. The molecule has 1 heterocycles. The number of hydrogen-bond acceptors (Lipinski definition) is 6. The predicted octanol–water partition coefficient (Wildman–Crippen LogP) is 0.911. The van der Waals surface area contributed by atoms with Crippen LogP contribution in [-0.4, -0.2) is 45.5 Å². The number of nitrogens with one attached hydrogen (secondary N) is 2. The van der Waals surface area contributed by atoms with Crippen molar-refractivity contribution in [1.29, 1.82) is 0 Å². The summed E-state index contributed by atoms with van der Waals surface area (Å²) < 4.78 is 30.7.